The molecule has 0 radical (unpaired) electrons. The van der Waals surface area contributed by atoms with Gasteiger partial charge in [0.25, 0.3) is 10.0 Å². The van der Waals surface area contributed by atoms with Crippen LogP contribution in [0.25, 0.3) is 0 Å². The lowest BCUT2D eigenvalue weighted by Gasteiger charge is -2.30. The van der Waals surface area contributed by atoms with E-state index in [0.717, 1.165) is 21.8 Å². The SMILES string of the molecule is CC(=O)N1CCc2c(sc(NC(=O)C3CCN(S(=O)(=O)c4ccc(Cl)s4)CC3)c2C#N)C1. The van der Waals surface area contributed by atoms with Crippen molar-refractivity contribution >= 4 is 61.1 Å². The summed E-state index contributed by atoms with van der Waals surface area (Å²) >= 11 is 8.23. The Morgan fingerprint density at radius 3 is 2.53 bits per heavy atom. The highest BCUT2D eigenvalue weighted by Crippen LogP contribution is 2.37. The molecular weight excluding hydrogens is 492 g/mol. The normalized spacial score (nSPS) is 17.6. The van der Waals surface area contributed by atoms with Gasteiger partial charge in [0.1, 0.15) is 15.3 Å². The average Bonchev–Trinajstić information content (AvgIpc) is 3.36. The van der Waals surface area contributed by atoms with E-state index in [-0.39, 0.29) is 35.0 Å². The molecule has 0 atom stereocenters. The van der Waals surface area contributed by atoms with Crippen molar-refractivity contribution < 1.29 is 18.0 Å². The fourth-order valence-electron chi connectivity index (χ4n) is 4.01. The van der Waals surface area contributed by atoms with Crippen molar-refractivity contribution in [3.8, 4) is 6.07 Å². The zero-order chi connectivity index (χ0) is 23.0. The zero-order valence-corrected chi connectivity index (χ0v) is 20.5. The van der Waals surface area contributed by atoms with Gasteiger partial charge in [0.15, 0.2) is 0 Å². The Bertz CT molecular complexity index is 1210. The maximum Gasteiger partial charge on any atom is 0.252 e. The number of hydrogen-bond donors (Lipinski definition) is 1. The fraction of sp³-hybridized carbons (Fsp3) is 0.450. The molecule has 1 saturated heterocycles. The third-order valence-electron chi connectivity index (χ3n) is 5.82. The maximum absolute atomic E-state index is 12.9. The average molecular weight is 513 g/mol. The Hall–Kier alpha value is -1.97. The van der Waals surface area contributed by atoms with Crippen molar-refractivity contribution in [3.63, 3.8) is 0 Å². The van der Waals surface area contributed by atoms with Crippen LogP contribution in [-0.4, -0.2) is 49.1 Å². The summed E-state index contributed by atoms with van der Waals surface area (Å²) in [4.78, 5) is 27.2. The van der Waals surface area contributed by atoms with E-state index in [2.05, 4.69) is 11.4 Å². The van der Waals surface area contributed by atoms with E-state index in [9.17, 15) is 23.3 Å². The minimum atomic E-state index is -3.61. The summed E-state index contributed by atoms with van der Waals surface area (Å²) in [6.45, 7) is 3.02. The number of fused-ring (bicyclic) bond motifs is 1. The summed E-state index contributed by atoms with van der Waals surface area (Å²) < 4.78 is 27.5. The minimum Gasteiger partial charge on any atom is -0.337 e. The van der Waals surface area contributed by atoms with Gasteiger partial charge in [-0.2, -0.15) is 9.57 Å². The molecule has 170 valence electrons. The smallest absolute Gasteiger partial charge is 0.252 e. The lowest BCUT2D eigenvalue weighted by Crippen LogP contribution is -2.41. The van der Waals surface area contributed by atoms with E-state index in [1.165, 1.54) is 28.6 Å². The van der Waals surface area contributed by atoms with Crippen LogP contribution in [0.4, 0.5) is 5.00 Å². The van der Waals surface area contributed by atoms with E-state index in [1.807, 2.05) is 0 Å². The van der Waals surface area contributed by atoms with Crippen molar-refractivity contribution in [2.24, 2.45) is 5.92 Å². The first-order valence-corrected chi connectivity index (χ1v) is 13.5. The summed E-state index contributed by atoms with van der Waals surface area (Å²) in [5, 5.41) is 13.0. The number of carbonyl (C=O) groups is 2. The van der Waals surface area contributed by atoms with Gasteiger partial charge in [0.2, 0.25) is 11.8 Å². The second-order valence-corrected chi connectivity index (χ2v) is 12.7. The van der Waals surface area contributed by atoms with Gasteiger partial charge in [-0.05, 0) is 37.0 Å². The molecule has 0 spiro atoms. The predicted molar refractivity (Wildman–Crippen MR) is 123 cm³/mol. The van der Waals surface area contributed by atoms with Crippen molar-refractivity contribution in [3.05, 3.63) is 32.5 Å². The number of nitrogens with zero attached hydrogens (tertiary/aromatic N) is 3. The number of nitriles is 1. The van der Waals surface area contributed by atoms with Gasteiger partial charge < -0.3 is 10.2 Å². The molecule has 12 heteroatoms. The standard InChI is InChI=1S/C20H21ClN4O4S3/c1-12(26)24-7-6-14-15(10-22)20(30-16(14)11-24)23-19(27)13-4-8-25(9-5-13)32(28,29)18-3-2-17(21)31-18/h2-3,13H,4-9,11H2,1H3,(H,23,27). The molecule has 0 aromatic carbocycles. The number of amides is 2. The van der Waals surface area contributed by atoms with Crippen LogP contribution in [-0.2, 0) is 32.6 Å². The molecule has 2 aromatic heterocycles. The van der Waals surface area contributed by atoms with Crippen LogP contribution >= 0.6 is 34.3 Å². The molecule has 4 rings (SSSR count). The van der Waals surface area contributed by atoms with Gasteiger partial charge in [-0.25, -0.2) is 8.42 Å². The summed E-state index contributed by atoms with van der Waals surface area (Å²) in [5.74, 6) is -0.563. The number of nitrogens with one attached hydrogen (secondary N) is 1. The Kier molecular flexibility index (Phi) is 6.61. The van der Waals surface area contributed by atoms with Gasteiger partial charge in [0.05, 0.1) is 16.4 Å². The van der Waals surface area contributed by atoms with Crippen LogP contribution in [0.15, 0.2) is 16.3 Å². The van der Waals surface area contributed by atoms with E-state index >= 15 is 0 Å². The highest BCUT2D eigenvalue weighted by atomic mass is 35.5. The van der Waals surface area contributed by atoms with E-state index in [0.29, 0.717) is 47.3 Å². The lowest BCUT2D eigenvalue weighted by atomic mass is 9.97. The molecule has 2 aliphatic heterocycles. The van der Waals surface area contributed by atoms with Gasteiger partial charge in [-0.15, -0.1) is 22.7 Å². The van der Waals surface area contributed by atoms with Crippen molar-refractivity contribution in [2.45, 2.75) is 36.9 Å². The molecule has 2 amide bonds. The largest absolute Gasteiger partial charge is 0.337 e. The number of halogens is 1. The minimum absolute atomic E-state index is 0.0142. The fourth-order valence-corrected chi connectivity index (χ4v) is 8.34. The van der Waals surface area contributed by atoms with Crippen molar-refractivity contribution in [1.29, 1.82) is 5.26 Å². The second kappa shape index (κ2) is 9.11. The highest BCUT2D eigenvalue weighted by molar-refractivity contribution is 7.91. The summed E-state index contributed by atoms with van der Waals surface area (Å²) in [6.07, 6.45) is 1.39. The first kappa shape index (κ1) is 23.2. The van der Waals surface area contributed by atoms with Gasteiger partial charge in [-0.3, -0.25) is 9.59 Å². The summed E-state index contributed by atoms with van der Waals surface area (Å²) in [6, 6.07) is 5.25. The quantitative estimate of drug-likeness (QED) is 0.675. The molecule has 32 heavy (non-hydrogen) atoms. The van der Waals surface area contributed by atoms with E-state index in [4.69, 9.17) is 11.6 Å². The Balaban J connectivity index is 1.42. The van der Waals surface area contributed by atoms with E-state index < -0.39 is 10.0 Å². The monoisotopic (exact) mass is 512 g/mol. The molecule has 0 saturated carbocycles. The molecule has 0 aliphatic carbocycles. The summed E-state index contributed by atoms with van der Waals surface area (Å²) in [7, 11) is -3.61. The summed E-state index contributed by atoms with van der Waals surface area (Å²) in [5.41, 5.74) is 1.37. The Morgan fingerprint density at radius 1 is 1.22 bits per heavy atom. The lowest BCUT2D eigenvalue weighted by molar-refractivity contribution is -0.129. The first-order valence-electron chi connectivity index (χ1n) is 10.1. The molecule has 8 nitrogen and oxygen atoms in total. The van der Waals surface area contributed by atoms with Crippen LogP contribution in [0.3, 0.4) is 0 Å². The second-order valence-electron chi connectivity index (χ2n) is 7.74. The van der Waals surface area contributed by atoms with Crippen LogP contribution in [0.2, 0.25) is 4.34 Å². The van der Waals surface area contributed by atoms with Crippen LogP contribution < -0.4 is 5.32 Å². The third-order valence-corrected chi connectivity index (χ3v) is 10.5. The van der Waals surface area contributed by atoms with Gasteiger partial charge >= 0.3 is 0 Å². The molecular formula is C20H21ClN4O4S3. The number of carbonyl (C=O) groups excluding carboxylic acids is 2. The molecule has 0 bridgehead atoms. The van der Waals surface area contributed by atoms with Crippen molar-refractivity contribution in [2.75, 3.05) is 25.0 Å². The molecule has 1 fully saturated rings. The predicted octanol–water partition coefficient (Wildman–Crippen LogP) is 3.28. The van der Waals surface area contributed by atoms with Gasteiger partial charge in [0, 0.05) is 37.4 Å². The van der Waals surface area contributed by atoms with Gasteiger partial charge in [-0.1, -0.05) is 11.6 Å². The van der Waals surface area contributed by atoms with E-state index in [1.54, 1.807) is 11.0 Å². The third kappa shape index (κ3) is 4.43. The molecule has 0 unspecified atom stereocenters. The number of hydrogen-bond acceptors (Lipinski definition) is 7. The van der Waals surface area contributed by atoms with Crippen LogP contribution in [0.5, 0.6) is 0 Å². The number of piperidine rings is 1. The molecule has 2 aromatic rings. The molecule has 1 N–H and O–H groups in total. The zero-order valence-electron chi connectivity index (χ0n) is 17.3. The first-order chi connectivity index (χ1) is 15.2. The number of anilines is 1. The number of thiophene rings is 2. The topological polar surface area (TPSA) is 111 Å². The maximum atomic E-state index is 12.9. The van der Waals surface area contributed by atoms with Crippen molar-refractivity contribution in [1.82, 2.24) is 9.21 Å². The van der Waals surface area contributed by atoms with Crippen LogP contribution in [0.1, 0.15) is 35.8 Å². The highest BCUT2D eigenvalue weighted by Gasteiger charge is 2.34. The Morgan fingerprint density at radius 2 is 1.94 bits per heavy atom. The molecule has 2 aliphatic rings. The number of rotatable bonds is 4. The molecule has 4 heterocycles. The van der Waals surface area contributed by atoms with Crippen LogP contribution in [0, 0.1) is 17.2 Å². The Labute approximate surface area is 199 Å². The number of sulfonamides is 1.